The zero-order valence-corrected chi connectivity index (χ0v) is 15.1. The molecule has 0 aromatic carbocycles. The minimum atomic E-state index is -0.0599. The number of thiophene rings is 1. The van der Waals surface area contributed by atoms with Crippen LogP contribution in [0.2, 0.25) is 0 Å². The first kappa shape index (κ1) is 15.5. The Morgan fingerprint density at radius 2 is 1.50 bits per heavy atom. The molecule has 2 aliphatic carbocycles. The summed E-state index contributed by atoms with van der Waals surface area (Å²) in [6.45, 7) is 0. The summed E-state index contributed by atoms with van der Waals surface area (Å²) in [6.07, 6.45) is 18.7. The Hall–Kier alpha value is -2.78. The molecule has 26 heavy (non-hydrogen) atoms. The third-order valence-corrected chi connectivity index (χ3v) is 6.13. The third-order valence-electron chi connectivity index (χ3n) is 5.27. The van der Waals surface area contributed by atoms with Crippen LogP contribution in [-0.4, -0.2) is 9.97 Å². The second-order valence-electron chi connectivity index (χ2n) is 6.92. The average Bonchev–Trinajstić information content (AvgIpc) is 3.25. The van der Waals surface area contributed by atoms with Crippen molar-refractivity contribution in [3.63, 3.8) is 0 Å². The van der Waals surface area contributed by atoms with E-state index in [1.807, 2.05) is 36.1 Å². The molecule has 0 radical (unpaired) electrons. The lowest BCUT2D eigenvalue weighted by Crippen LogP contribution is -2.32. The summed E-state index contributed by atoms with van der Waals surface area (Å²) in [4.78, 5) is 8.38. The summed E-state index contributed by atoms with van der Waals surface area (Å²) in [6, 6.07) is 10.8. The fourth-order valence-electron chi connectivity index (χ4n) is 4.20. The first-order valence-corrected chi connectivity index (χ1v) is 9.70. The molecular formula is C23H18N2S. The highest BCUT2D eigenvalue weighted by atomic mass is 32.1. The highest BCUT2D eigenvalue weighted by Crippen LogP contribution is 2.44. The molecule has 0 saturated heterocycles. The Bertz CT molecular complexity index is 1080. The summed E-state index contributed by atoms with van der Waals surface area (Å²) >= 11 is 1.83. The monoisotopic (exact) mass is 354 g/mol. The fraction of sp³-hybridized carbons (Fsp3) is 0.130. The van der Waals surface area contributed by atoms with Gasteiger partial charge >= 0.3 is 0 Å². The van der Waals surface area contributed by atoms with Crippen LogP contribution in [0, 0.1) is 5.41 Å². The van der Waals surface area contributed by atoms with Crippen LogP contribution in [0.5, 0.6) is 0 Å². The van der Waals surface area contributed by atoms with Crippen molar-refractivity contribution in [3.05, 3.63) is 105 Å². The predicted molar refractivity (Wildman–Crippen MR) is 107 cm³/mol. The zero-order chi connectivity index (χ0) is 17.4. The van der Waals surface area contributed by atoms with Crippen molar-refractivity contribution in [3.8, 4) is 0 Å². The quantitative estimate of drug-likeness (QED) is 0.717. The zero-order valence-electron chi connectivity index (χ0n) is 14.3. The van der Waals surface area contributed by atoms with Gasteiger partial charge in [0.25, 0.3) is 0 Å². The lowest BCUT2D eigenvalue weighted by atomic mass is 9.67. The van der Waals surface area contributed by atoms with Crippen molar-refractivity contribution < 1.29 is 0 Å². The van der Waals surface area contributed by atoms with Crippen LogP contribution < -0.4 is 9.75 Å². The number of fused-ring (bicyclic) bond motifs is 2. The maximum Gasteiger partial charge on any atom is 0.0352 e. The van der Waals surface area contributed by atoms with Crippen LogP contribution in [0.3, 0.4) is 0 Å². The van der Waals surface area contributed by atoms with Crippen LogP contribution in [0.25, 0.3) is 11.6 Å². The van der Waals surface area contributed by atoms with Gasteiger partial charge in [-0.2, -0.15) is 0 Å². The molecule has 0 atom stereocenters. The molecule has 2 aliphatic rings. The largest absolute Gasteiger partial charge is 0.265 e. The fourth-order valence-corrected chi connectivity index (χ4v) is 5.04. The number of pyridine rings is 2. The minimum absolute atomic E-state index is 0.0599. The van der Waals surface area contributed by atoms with Gasteiger partial charge in [-0.1, -0.05) is 18.2 Å². The van der Waals surface area contributed by atoms with Crippen molar-refractivity contribution >= 4 is 23.0 Å². The molecule has 5 rings (SSSR count). The second-order valence-corrected chi connectivity index (χ2v) is 7.87. The highest BCUT2D eigenvalue weighted by Gasteiger charge is 2.37. The van der Waals surface area contributed by atoms with E-state index >= 15 is 0 Å². The molecule has 3 aromatic rings. The van der Waals surface area contributed by atoms with E-state index in [4.69, 9.17) is 0 Å². The SMILES string of the molecule is C1=CC(Cc2ccncc2)(Cc2ccncc2)C2=c3ccsc3=CC2=C1. The Balaban J connectivity index is 1.70. The van der Waals surface area contributed by atoms with Gasteiger partial charge in [-0.25, -0.2) is 0 Å². The van der Waals surface area contributed by atoms with Gasteiger partial charge in [-0.15, -0.1) is 11.3 Å². The molecule has 0 bridgehead atoms. The van der Waals surface area contributed by atoms with Gasteiger partial charge in [-0.05, 0) is 82.1 Å². The molecule has 0 aliphatic heterocycles. The van der Waals surface area contributed by atoms with Gasteiger partial charge in [0.1, 0.15) is 0 Å². The number of hydrogen-bond donors (Lipinski definition) is 0. The van der Waals surface area contributed by atoms with E-state index in [9.17, 15) is 0 Å². The van der Waals surface area contributed by atoms with Gasteiger partial charge < -0.3 is 0 Å². The minimum Gasteiger partial charge on any atom is -0.265 e. The Labute approximate surface area is 156 Å². The molecule has 3 heterocycles. The van der Waals surface area contributed by atoms with Crippen LogP contribution in [0.4, 0.5) is 0 Å². The topological polar surface area (TPSA) is 25.8 Å². The van der Waals surface area contributed by atoms with E-state index in [1.54, 1.807) is 0 Å². The van der Waals surface area contributed by atoms with Crippen molar-refractivity contribution in [1.82, 2.24) is 9.97 Å². The Morgan fingerprint density at radius 1 is 0.846 bits per heavy atom. The van der Waals surface area contributed by atoms with E-state index in [-0.39, 0.29) is 5.41 Å². The molecule has 126 valence electrons. The average molecular weight is 354 g/mol. The molecule has 0 amide bonds. The van der Waals surface area contributed by atoms with E-state index in [0.717, 1.165) is 12.8 Å². The van der Waals surface area contributed by atoms with Crippen LogP contribution in [-0.2, 0) is 12.8 Å². The smallest absolute Gasteiger partial charge is 0.0352 e. The summed E-state index contributed by atoms with van der Waals surface area (Å²) in [7, 11) is 0. The van der Waals surface area contributed by atoms with Gasteiger partial charge in [0.2, 0.25) is 0 Å². The first-order chi connectivity index (χ1) is 12.8. The van der Waals surface area contributed by atoms with Gasteiger partial charge in [0.15, 0.2) is 0 Å². The highest BCUT2D eigenvalue weighted by molar-refractivity contribution is 7.07. The van der Waals surface area contributed by atoms with E-state index in [0.29, 0.717) is 0 Å². The molecular weight excluding hydrogens is 336 g/mol. The van der Waals surface area contributed by atoms with Crippen LogP contribution in [0.15, 0.2) is 84.3 Å². The molecule has 2 nitrogen and oxygen atoms in total. The molecule has 0 N–H and O–H groups in total. The van der Waals surface area contributed by atoms with Gasteiger partial charge in [0.05, 0.1) is 0 Å². The van der Waals surface area contributed by atoms with Crippen LogP contribution >= 0.6 is 11.3 Å². The van der Waals surface area contributed by atoms with E-state index < -0.39 is 0 Å². The predicted octanol–water partition coefficient (Wildman–Crippen LogP) is 3.45. The van der Waals surface area contributed by atoms with Crippen LogP contribution in [0.1, 0.15) is 11.1 Å². The number of nitrogens with zero attached hydrogens (tertiary/aromatic N) is 2. The maximum absolute atomic E-state index is 4.19. The normalized spacial score (nSPS) is 16.6. The Kier molecular flexibility index (Phi) is 3.68. The molecule has 0 unspecified atom stereocenters. The number of aromatic nitrogens is 2. The van der Waals surface area contributed by atoms with Crippen molar-refractivity contribution in [2.24, 2.45) is 5.41 Å². The summed E-state index contributed by atoms with van der Waals surface area (Å²) in [5.74, 6) is 0. The molecule has 0 spiro atoms. The molecule has 3 heteroatoms. The lowest BCUT2D eigenvalue weighted by molar-refractivity contribution is 0.501. The number of rotatable bonds is 4. The molecule has 0 saturated carbocycles. The number of hydrogen-bond acceptors (Lipinski definition) is 3. The summed E-state index contributed by atoms with van der Waals surface area (Å²) in [5.41, 5.74) is 5.39. The van der Waals surface area contributed by atoms with Gasteiger partial charge in [0, 0.05) is 34.7 Å². The number of allylic oxidation sites excluding steroid dienone is 4. The molecule has 0 fully saturated rings. The van der Waals surface area contributed by atoms with Crippen molar-refractivity contribution in [2.45, 2.75) is 12.8 Å². The first-order valence-electron chi connectivity index (χ1n) is 8.82. The second kappa shape index (κ2) is 6.19. The van der Waals surface area contributed by atoms with Crippen molar-refractivity contribution in [1.29, 1.82) is 0 Å². The van der Waals surface area contributed by atoms with E-state index in [2.05, 4.69) is 70.0 Å². The van der Waals surface area contributed by atoms with Gasteiger partial charge in [-0.3, -0.25) is 9.97 Å². The van der Waals surface area contributed by atoms with Crippen molar-refractivity contribution in [2.75, 3.05) is 0 Å². The van der Waals surface area contributed by atoms with E-state index in [1.165, 1.54) is 32.0 Å². The summed E-state index contributed by atoms with van der Waals surface area (Å²) in [5, 5.41) is 3.60. The summed E-state index contributed by atoms with van der Waals surface area (Å²) < 4.78 is 1.38. The molecule has 3 aromatic heterocycles. The lowest BCUT2D eigenvalue weighted by Gasteiger charge is -2.36. The maximum atomic E-state index is 4.19. The Morgan fingerprint density at radius 3 is 2.15 bits per heavy atom. The third kappa shape index (κ3) is 2.56. The standard InChI is InChI=1S/C23H18N2S/c1-2-19-14-21-20(7-13-26-21)22(19)23(8-1,15-17-3-9-24-10-4-17)16-18-5-11-25-12-6-18/h1-14H,15-16H2.